The molecule has 1 N–H and O–H groups in total. The summed E-state index contributed by atoms with van der Waals surface area (Å²) in [6.07, 6.45) is 0.413. The van der Waals surface area contributed by atoms with Gasteiger partial charge in [0, 0.05) is 12.1 Å². The van der Waals surface area contributed by atoms with Crippen LogP contribution in [0.2, 0.25) is 0 Å². The van der Waals surface area contributed by atoms with Crippen molar-refractivity contribution in [3.8, 4) is 23.1 Å². The Balaban J connectivity index is 1.61. The van der Waals surface area contributed by atoms with Crippen LogP contribution < -0.4 is 10.1 Å². The summed E-state index contributed by atoms with van der Waals surface area (Å²) in [5.74, 6) is 0.342. The van der Waals surface area contributed by atoms with Gasteiger partial charge in [-0.2, -0.15) is 5.26 Å². The summed E-state index contributed by atoms with van der Waals surface area (Å²) in [6, 6.07) is 19.5. The molecule has 0 saturated carbocycles. The normalized spacial score (nSPS) is 10.3. The minimum atomic E-state index is -0.279. The predicted octanol–water partition coefficient (Wildman–Crippen LogP) is 4.22. The number of benzene rings is 2. The van der Waals surface area contributed by atoms with E-state index >= 15 is 0 Å². The van der Waals surface area contributed by atoms with E-state index in [0.29, 0.717) is 40.6 Å². The first-order chi connectivity index (χ1) is 14.6. The van der Waals surface area contributed by atoms with Crippen LogP contribution in [0.25, 0.3) is 11.3 Å². The molecule has 0 saturated heterocycles. The van der Waals surface area contributed by atoms with Gasteiger partial charge in [-0.25, -0.2) is 9.37 Å². The van der Waals surface area contributed by atoms with E-state index in [1.807, 2.05) is 24.3 Å². The number of nitrogens with zero attached hydrogens (tertiary/aromatic N) is 2. The molecule has 3 aromatic rings. The topological polar surface area (TPSA) is 75.0 Å². The van der Waals surface area contributed by atoms with Crippen LogP contribution in [-0.2, 0) is 11.2 Å². The lowest BCUT2D eigenvalue weighted by Crippen LogP contribution is -2.27. The molecular formula is C23H20FN3O2S. The maximum absolute atomic E-state index is 13.6. The van der Waals surface area contributed by atoms with Gasteiger partial charge in [-0.1, -0.05) is 42.1 Å². The largest absolute Gasteiger partial charge is 0.497 e. The number of rotatable bonds is 8. The lowest BCUT2D eigenvalue weighted by Gasteiger charge is -2.09. The molecule has 5 nitrogen and oxygen atoms in total. The molecule has 0 aliphatic carbocycles. The minimum absolute atomic E-state index is 0.112. The number of hydrogen-bond donors (Lipinski definition) is 1. The molecule has 2 aromatic carbocycles. The predicted molar refractivity (Wildman–Crippen MR) is 115 cm³/mol. The summed E-state index contributed by atoms with van der Waals surface area (Å²) in [7, 11) is 1.59. The number of hydrogen-bond acceptors (Lipinski definition) is 5. The minimum Gasteiger partial charge on any atom is -0.497 e. The molecule has 1 aromatic heterocycles. The van der Waals surface area contributed by atoms with E-state index in [-0.39, 0.29) is 17.5 Å². The van der Waals surface area contributed by atoms with E-state index in [1.165, 1.54) is 17.8 Å². The summed E-state index contributed by atoms with van der Waals surface area (Å²) >= 11 is 1.20. The van der Waals surface area contributed by atoms with Crippen molar-refractivity contribution in [2.24, 2.45) is 0 Å². The Kier molecular flexibility index (Phi) is 7.41. The van der Waals surface area contributed by atoms with Crippen LogP contribution >= 0.6 is 11.8 Å². The second-order valence-electron chi connectivity index (χ2n) is 6.37. The number of carbonyl (C=O) groups is 1. The van der Waals surface area contributed by atoms with Gasteiger partial charge in [0.25, 0.3) is 0 Å². The molecule has 0 radical (unpaired) electrons. The van der Waals surface area contributed by atoms with Gasteiger partial charge in [0.1, 0.15) is 22.7 Å². The Hall–Kier alpha value is -3.37. The average Bonchev–Trinajstić information content (AvgIpc) is 2.78. The van der Waals surface area contributed by atoms with E-state index in [1.54, 1.807) is 37.4 Å². The Labute approximate surface area is 178 Å². The van der Waals surface area contributed by atoms with Crippen molar-refractivity contribution in [3.05, 3.63) is 77.6 Å². The molecule has 0 fully saturated rings. The first kappa shape index (κ1) is 21.3. The quantitative estimate of drug-likeness (QED) is 0.551. The number of halogens is 1. The fourth-order valence-electron chi connectivity index (χ4n) is 2.80. The third kappa shape index (κ3) is 5.58. The first-order valence-electron chi connectivity index (χ1n) is 9.29. The Bertz CT molecular complexity index is 1080. The van der Waals surface area contributed by atoms with Crippen molar-refractivity contribution in [1.29, 1.82) is 5.26 Å². The fraction of sp³-hybridized carbons (Fsp3) is 0.174. The maximum atomic E-state index is 13.6. The van der Waals surface area contributed by atoms with Crippen LogP contribution in [-0.4, -0.2) is 30.3 Å². The first-order valence-corrected chi connectivity index (χ1v) is 10.3. The van der Waals surface area contributed by atoms with Crippen molar-refractivity contribution in [3.63, 3.8) is 0 Å². The SMILES string of the molecule is COc1cccc(-c2ccc(C#N)c(SCC(=O)NCCc3ccccc3F)n2)c1. The van der Waals surface area contributed by atoms with Gasteiger partial charge >= 0.3 is 0 Å². The molecule has 0 unspecified atom stereocenters. The molecule has 152 valence electrons. The highest BCUT2D eigenvalue weighted by molar-refractivity contribution is 8.00. The van der Waals surface area contributed by atoms with Crippen molar-refractivity contribution in [2.75, 3.05) is 19.4 Å². The molecule has 0 aliphatic rings. The number of ether oxygens (including phenoxy) is 1. The van der Waals surface area contributed by atoms with Crippen LogP contribution in [0, 0.1) is 17.1 Å². The van der Waals surface area contributed by atoms with Crippen LogP contribution in [0.5, 0.6) is 5.75 Å². The van der Waals surface area contributed by atoms with Crippen molar-refractivity contribution >= 4 is 17.7 Å². The number of pyridine rings is 1. The molecule has 1 amide bonds. The molecule has 0 atom stereocenters. The van der Waals surface area contributed by atoms with E-state index in [4.69, 9.17) is 4.74 Å². The standard InChI is InChI=1S/C23H20FN3O2S/c1-29-19-7-4-6-17(13-19)21-10-9-18(14-25)23(27-21)30-15-22(28)26-12-11-16-5-2-3-8-20(16)24/h2-10,13H,11-12,15H2,1H3,(H,26,28). The van der Waals surface area contributed by atoms with Gasteiger partial charge in [0.05, 0.1) is 24.1 Å². The second-order valence-corrected chi connectivity index (χ2v) is 7.34. The smallest absolute Gasteiger partial charge is 0.230 e. The highest BCUT2D eigenvalue weighted by Crippen LogP contribution is 2.27. The van der Waals surface area contributed by atoms with Crippen LogP contribution in [0.3, 0.4) is 0 Å². The number of nitriles is 1. The van der Waals surface area contributed by atoms with Gasteiger partial charge in [-0.05, 0) is 42.3 Å². The zero-order valence-corrected chi connectivity index (χ0v) is 17.2. The Morgan fingerprint density at radius 1 is 1.20 bits per heavy atom. The third-order valence-electron chi connectivity index (χ3n) is 4.36. The van der Waals surface area contributed by atoms with E-state index in [9.17, 15) is 14.4 Å². The summed E-state index contributed by atoms with van der Waals surface area (Å²) in [5.41, 5.74) is 2.51. The van der Waals surface area contributed by atoms with Crippen molar-refractivity contribution in [2.45, 2.75) is 11.4 Å². The van der Waals surface area contributed by atoms with E-state index in [0.717, 1.165) is 5.56 Å². The van der Waals surface area contributed by atoms with Crippen LogP contribution in [0.1, 0.15) is 11.1 Å². The van der Waals surface area contributed by atoms with Gasteiger partial charge in [0.2, 0.25) is 5.91 Å². The molecule has 0 aliphatic heterocycles. The van der Waals surface area contributed by atoms with Crippen molar-refractivity contribution in [1.82, 2.24) is 10.3 Å². The lowest BCUT2D eigenvalue weighted by molar-refractivity contribution is -0.118. The number of nitrogens with one attached hydrogen (secondary N) is 1. The molecule has 3 rings (SSSR count). The number of amides is 1. The van der Waals surface area contributed by atoms with E-state index < -0.39 is 0 Å². The van der Waals surface area contributed by atoms with E-state index in [2.05, 4.69) is 16.4 Å². The van der Waals surface area contributed by atoms with Gasteiger partial charge in [-0.15, -0.1) is 0 Å². The molecular weight excluding hydrogens is 401 g/mol. The molecule has 7 heteroatoms. The fourth-order valence-corrected chi connectivity index (χ4v) is 3.60. The highest BCUT2D eigenvalue weighted by Gasteiger charge is 2.11. The number of carbonyl (C=O) groups excluding carboxylic acids is 1. The highest BCUT2D eigenvalue weighted by atomic mass is 32.2. The summed E-state index contributed by atoms with van der Waals surface area (Å²) < 4.78 is 18.9. The second kappa shape index (κ2) is 10.4. The van der Waals surface area contributed by atoms with Gasteiger partial charge in [-0.3, -0.25) is 4.79 Å². The zero-order chi connectivity index (χ0) is 21.3. The summed E-state index contributed by atoms with van der Waals surface area (Å²) in [5, 5.41) is 12.6. The van der Waals surface area contributed by atoms with Crippen molar-refractivity contribution < 1.29 is 13.9 Å². The number of methoxy groups -OCH3 is 1. The monoisotopic (exact) mass is 421 g/mol. The lowest BCUT2D eigenvalue weighted by atomic mass is 10.1. The number of aromatic nitrogens is 1. The Morgan fingerprint density at radius 3 is 2.80 bits per heavy atom. The summed E-state index contributed by atoms with van der Waals surface area (Å²) in [4.78, 5) is 16.7. The molecule has 0 spiro atoms. The molecule has 30 heavy (non-hydrogen) atoms. The average molecular weight is 421 g/mol. The zero-order valence-electron chi connectivity index (χ0n) is 16.4. The van der Waals surface area contributed by atoms with Gasteiger partial charge < -0.3 is 10.1 Å². The van der Waals surface area contributed by atoms with Crippen LogP contribution in [0.4, 0.5) is 4.39 Å². The number of thioether (sulfide) groups is 1. The Morgan fingerprint density at radius 2 is 2.03 bits per heavy atom. The summed E-state index contributed by atoms with van der Waals surface area (Å²) in [6.45, 7) is 0.336. The van der Waals surface area contributed by atoms with Gasteiger partial charge in [0.15, 0.2) is 0 Å². The molecule has 0 bridgehead atoms. The molecule has 1 heterocycles. The van der Waals surface area contributed by atoms with Crippen LogP contribution in [0.15, 0.2) is 65.7 Å². The maximum Gasteiger partial charge on any atom is 0.230 e. The third-order valence-corrected chi connectivity index (χ3v) is 5.35.